The second kappa shape index (κ2) is 7.13. The van der Waals surface area contributed by atoms with Gasteiger partial charge in [-0.15, -0.1) is 0 Å². The molecule has 5 nitrogen and oxygen atoms in total. The quantitative estimate of drug-likeness (QED) is 0.586. The molecule has 0 aliphatic rings. The standard InChI is InChI=1S/C9H20N2O3S2/c1-7(2)11-8(9(10)12)6-15-4-5-16(3,13)14/h7-8,11H,4-6H2,1-3H3,(H2,10,12). The fraction of sp³-hybridized carbons (Fsp3) is 0.889. The summed E-state index contributed by atoms with van der Waals surface area (Å²) in [6, 6.07) is -0.224. The van der Waals surface area contributed by atoms with E-state index in [1.807, 2.05) is 13.8 Å². The number of carbonyl (C=O) groups excluding carboxylic acids is 1. The number of rotatable bonds is 8. The molecule has 1 unspecified atom stereocenters. The fourth-order valence-corrected chi connectivity index (χ4v) is 3.37. The Morgan fingerprint density at radius 1 is 1.44 bits per heavy atom. The van der Waals surface area contributed by atoms with Crippen molar-refractivity contribution in [2.75, 3.05) is 23.5 Å². The van der Waals surface area contributed by atoms with Gasteiger partial charge in [0.25, 0.3) is 0 Å². The Morgan fingerprint density at radius 3 is 2.38 bits per heavy atom. The smallest absolute Gasteiger partial charge is 0.235 e. The van der Waals surface area contributed by atoms with Crippen LogP contribution in [0.15, 0.2) is 0 Å². The summed E-state index contributed by atoms with van der Waals surface area (Å²) in [5.74, 6) is 0.719. The Hall–Kier alpha value is -0.270. The molecule has 0 aromatic heterocycles. The van der Waals surface area contributed by atoms with Crippen LogP contribution in [-0.4, -0.2) is 49.9 Å². The number of sulfone groups is 1. The van der Waals surface area contributed by atoms with Gasteiger partial charge in [-0.3, -0.25) is 4.79 Å². The van der Waals surface area contributed by atoms with Gasteiger partial charge in [0, 0.05) is 23.8 Å². The first kappa shape index (κ1) is 15.7. The highest BCUT2D eigenvalue weighted by Gasteiger charge is 2.16. The number of hydrogen-bond acceptors (Lipinski definition) is 5. The number of nitrogens with two attached hydrogens (primary N) is 1. The molecule has 16 heavy (non-hydrogen) atoms. The van der Waals surface area contributed by atoms with E-state index in [9.17, 15) is 13.2 Å². The minimum absolute atomic E-state index is 0.130. The molecule has 0 aliphatic heterocycles. The number of carbonyl (C=O) groups is 1. The van der Waals surface area contributed by atoms with Crippen molar-refractivity contribution in [3.8, 4) is 0 Å². The average Bonchev–Trinajstić information content (AvgIpc) is 2.07. The lowest BCUT2D eigenvalue weighted by atomic mass is 10.3. The van der Waals surface area contributed by atoms with E-state index < -0.39 is 21.8 Å². The fourth-order valence-electron chi connectivity index (χ4n) is 1.03. The summed E-state index contributed by atoms with van der Waals surface area (Å²) in [6.45, 7) is 3.86. The third kappa shape index (κ3) is 8.99. The van der Waals surface area contributed by atoms with Gasteiger partial charge in [-0.1, -0.05) is 13.8 Å². The summed E-state index contributed by atoms with van der Waals surface area (Å²) < 4.78 is 21.7. The van der Waals surface area contributed by atoms with E-state index >= 15 is 0 Å². The molecular weight excluding hydrogens is 248 g/mol. The van der Waals surface area contributed by atoms with Crippen molar-refractivity contribution in [1.29, 1.82) is 0 Å². The number of hydrogen-bond donors (Lipinski definition) is 2. The van der Waals surface area contributed by atoms with Crippen molar-refractivity contribution in [3.05, 3.63) is 0 Å². The van der Waals surface area contributed by atoms with Crippen LogP contribution >= 0.6 is 11.8 Å². The molecule has 96 valence electrons. The van der Waals surface area contributed by atoms with Crippen LogP contribution in [0.1, 0.15) is 13.8 Å². The molecule has 7 heteroatoms. The molecule has 0 spiro atoms. The van der Waals surface area contributed by atoms with Crippen LogP contribution in [-0.2, 0) is 14.6 Å². The van der Waals surface area contributed by atoms with Gasteiger partial charge in [0.1, 0.15) is 9.84 Å². The Labute approximate surface area is 101 Å². The van der Waals surface area contributed by atoms with Gasteiger partial charge >= 0.3 is 0 Å². The topological polar surface area (TPSA) is 89.3 Å². The molecule has 0 saturated carbocycles. The lowest BCUT2D eigenvalue weighted by Crippen LogP contribution is -2.46. The minimum Gasteiger partial charge on any atom is -0.368 e. The molecule has 0 rings (SSSR count). The summed E-state index contributed by atoms with van der Waals surface area (Å²) in [5, 5.41) is 3.03. The number of amides is 1. The largest absolute Gasteiger partial charge is 0.368 e. The predicted octanol–water partition coefficient (Wildman–Crippen LogP) is -0.384. The van der Waals surface area contributed by atoms with Gasteiger partial charge in [0.05, 0.1) is 11.8 Å². The first-order valence-electron chi connectivity index (χ1n) is 5.03. The van der Waals surface area contributed by atoms with E-state index in [4.69, 9.17) is 5.73 Å². The van der Waals surface area contributed by atoms with Gasteiger partial charge in [-0.2, -0.15) is 11.8 Å². The van der Waals surface area contributed by atoms with E-state index in [0.717, 1.165) is 0 Å². The Balaban J connectivity index is 3.90. The molecule has 1 amide bonds. The Bertz CT molecular complexity index is 315. The Kier molecular flexibility index (Phi) is 7.01. The molecule has 0 aliphatic carbocycles. The van der Waals surface area contributed by atoms with E-state index in [1.54, 1.807) is 0 Å². The molecular formula is C9H20N2O3S2. The highest BCUT2D eigenvalue weighted by atomic mass is 32.2. The molecule has 0 aromatic rings. The van der Waals surface area contributed by atoms with Crippen LogP contribution in [0.25, 0.3) is 0 Å². The van der Waals surface area contributed by atoms with Crippen molar-refractivity contribution in [2.45, 2.75) is 25.9 Å². The number of primary amides is 1. The van der Waals surface area contributed by atoms with Crippen LogP contribution in [0.5, 0.6) is 0 Å². The second-order valence-corrected chi connectivity index (χ2v) is 7.39. The van der Waals surface area contributed by atoms with Gasteiger partial charge in [-0.05, 0) is 0 Å². The second-order valence-electron chi connectivity index (χ2n) is 3.98. The normalized spacial score (nSPS) is 14.0. The molecule has 0 bridgehead atoms. The van der Waals surface area contributed by atoms with E-state index in [2.05, 4.69) is 5.32 Å². The number of thioether (sulfide) groups is 1. The van der Waals surface area contributed by atoms with E-state index in [-0.39, 0.29) is 11.8 Å². The van der Waals surface area contributed by atoms with Crippen molar-refractivity contribution >= 4 is 27.5 Å². The molecule has 1 atom stereocenters. The highest BCUT2D eigenvalue weighted by molar-refractivity contribution is 8.00. The van der Waals surface area contributed by atoms with Crippen LogP contribution in [0, 0.1) is 0 Å². The first-order chi connectivity index (χ1) is 7.22. The zero-order valence-electron chi connectivity index (χ0n) is 9.89. The summed E-state index contributed by atoms with van der Waals surface area (Å²) >= 11 is 1.42. The molecule has 0 aromatic carbocycles. The maximum absolute atomic E-state index is 11.1. The summed E-state index contributed by atoms with van der Waals surface area (Å²) in [5.41, 5.74) is 5.22. The number of nitrogens with one attached hydrogen (secondary N) is 1. The zero-order chi connectivity index (χ0) is 12.8. The SMILES string of the molecule is CC(C)NC(CSCCS(C)(=O)=O)C(N)=O. The maximum atomic E-state index is 11.1. The van der Waals surface area contributed by atoms with Crippen LogP contribution < -0.4 is 11.1 Å². The molecule has 3 N–H and O–H groups in total. The van der Waals surface area contributed by atoms with Crippen LogP contribution in [0.4, 0.5) is 0 Å². The third-order valence-electron chi connectivity index (χ3n) is 1.76. The first-order valence-corrected chi connectivity index (χ1v) is 8.24. The van der Waals surface area contributed by atoms with Crippen molar-refractivity contribution in [1.82, 2.24) is 5.32 Å². The third-order valence-corrected chi connectivity index (χ3v) is 4.03. The van der Waals surface area contributed by atoms with Gasteiger partial charge < -0.3 is 11.1 Å². The molecule has 0 heterocycles. The zero-order valence-corrected chi connectivity index (χ0v) is 11.5. The summed E-state index contributed by atoms with van der Waals surface area (Å²) in [4.78, 5) is 11.1. The molecule has 0 saturated heterocycles. The lowest BCUT2D eigenvalue weighted by Gasteiger charge is -2.17. The van der Waals surface area contributed by atoms with E-state index in [0.29, 0.717) is 11.5 Å². The Morgan fingerprint density at radius 2 is 2.00 bits per heavy atom. The lowest BCUT2D eigenvalue weighted by molar-refractivity contribution is -0.119. The van der Waals surface area contributed by atoms with Crippen molar-refractivity contribution in [2.24, 2.45) is 5.73 Å². The average molecular weight is 268 g/mol. The van der Waals surface area contributed by atoms with Crippen LogP contribution in [0.3, 0.4) is 0 Å². The highest BCUT2D eigenvalue weighted by Crippen LogP contribution is 2.04. The van der Waals surface area contributed by atoms with Crippen molar-refractivity contribution < 1.29 is 13.2 Å². The van der Waals surface area contributed by atoms with Gasteiger partial charge in [-0.25, -0.2) is 8.42 Å². The molecule has 0 fully saturated rings. The van der Waals surface area contributed by atoms with E-state index in [1.165, 1.54) is 18.0 Å². The maximum Gasteiger partial charge on any atom is 0.235 e. The van der Waals surface area contributed by atoms with Gasteiger partial charge in [0.2, 0.25) is 5.91 Å². The van der Waals surface area contributed by atoms with Gasteiger partial charge in [0.15, 0.2) is 0 Å². The van der Waals surface area contributed by atoms with Crippen LogP contribution in [0.2, 0.25) is 0 Å². The van der Waals surface area contributed by atoms with Crippen molar-refractivity contribution in [3.63, 3.8) is 0 Å². The minimum atomic E-state index is -2.92. The predicted molar refractivity (Wildman–Crippen MR) is 68.3 cm³/mol. The summed E-state index contributed by atoms with van der Waals surface area (Å²) in [6.07, 6.45) is 1.20. The molecule has 0 radical (unpaired) electrons. The monoisotopic (exact) mass is 268 g/mol. The summed E-state index contributed by atoms with van der Waals surface area (Å²) in [7, 11) is -2.92.